The van der Waals surface area contributed by atoms with E-state index in [9.17, 15) is 14.0 Å². The first-order chi connectivity index (χ1) is 11.6. The van der Waals surface area contributed by atoms with Gasteiger partial charge in [-0.25, -0.2) is 9.18 Å². The van der Waals surface area contributed by atoms with Crippen LogP contribution in [0.1, 0.15) is 10.4 Å². The summed E-state index contributed by atoms with van der Waals surface area (Å²) >= 11 is 0. The fourth-order valence-electron chi connectivity index (χ4n) is 2.44. The van der Waals surface area contributed by atoms with E-state index in [1.807, 2.05) is 0 Å². The Kier molecular flexibility index (Phi) is 5.02. The summed E-state index contributed by atoms with van der Waals surface area (Å²) in [6.45, 7) is 3.15. The number of hydrogen-bond acceptors (Lipinski definition) is 6. The number of H-pyrrole nitrogens is 1. The van der Waals surface area contributed by atoms with Gasteiger partial charge in [-0.3, -0.25) is 14.3 Å². The molecular weight excluding hydrogens is 319 g/mol. The van der Waals surface area contributed by atoms with Gasteiger partial charge in [-0.15, -0.1) is 0 Å². The molecule has 128 valence electrons. The molecule has 2 aromatic rings. The number of rotatable bonds is 4. The van der Waals surface area contributed by atoms with Crippen molar-refractivity contribution in [2.45, 2.75) is 0 Å². The Hall–Kier alpha value is -2.52. The smallest absolute Gasteiger partial charge is 0.380 e. The molecule has 0 saturated carbocycles. The summed E-state index contributed by atoms with van der Waals surface area (Å²) in [6, 6.07) is 3.72. The fourth-order valence-corrected chi connectivity index (χ4v) is 2.44. The zero-order chi connectivity index (χ0) is 16.9. The fraction of sp³-hybridized carbons (Fsp3) is 0.400. The maximum Gasteiger partial charge on any atom is 0.439 e. The van der Waals surface area contributed by atoms with E-state index in [1.165, 1.54) is 6.07 Å². The summed E-state index contributed by atoms with van der Waals surface area (Å²) in [6.07, 6.45) is 0. The van der Waals surface area contributed by atoms with Crippen LogP contribution in [0.25, 0.3) is 11.4 Å². The zero-order valence-corrected chi connectivity index (χ0v) is 12.8. The first kappa shape index (κ1) is 16.3. The second kappa shape index (κ2) is 7.37. The van der Waals surface area contributed by atoms with E-state index in [4.69, 9.17) is 4.74 Å². The third-order valence-corrected chi connectivity index (χ3v) is 3.63. The van der Waals surface area contributed by atoms with E-state index >= 15 is 0 Å². The highest BCUT2D eigenvalue weighted by Crippen LogP contribution is 2.17. The van der Waals surface area contributed by atoms with E-state index in [1.54, 1.807) is 0 Å². The molecule has 0 bridgehead atoms. The molecule has 0 spiro atoms. The van der Waals surface area contributed by atoms with Crippen LogP contribution in [0.2, 0.25) is 0 Å². The molecular formula is C15H17FN4O4. The largest absolute Gasteiger partial charge is 0.439 e. The van der Waals surface area contributed by atoms with E-state index in [0.29, 0.717) is 19.8 Å². The van der Waals surface area contributed by atoms with Crippen molar-refractivity contribution in [2.75, 3.05) is 32.8 Å². The van der Waals surface area contributed by atoms with Gasteiger partial charge in [0, 0.05) is 36.7 Å². The van der Waals surface area contributed by atoms with Gasteiger partial charge in [-0.1, -0.05) is 5.16 Å². The van der Waals surface area contributed by atoms with E-state index in [2.05, 4.69) is 25.3 Å². The van der Waals surface area contributed by atoms with Crippen LogP contribution in [0.5, 0.6) is 0 Å². The predicted molar refractivity (Wildman–Crippen MR) is 82.0 cm³/mol. The molecule has 1 unspecified atom stereocenters. The van der Waals surface area contributed by atoms with Crippen molar-refractivity contribution in [1.29, 1.82) is 0 Å². The van der Waals surface area contributed by atoms with Gasteiger partial charge < -0.3 is 15.4 Å². The van der Waals surface area contributed by atoms with Crippen molar-refractivity contribution in [3.63, 3.8) is 0 Å². The Labute approximate surface area is 136 Å². The van der Waals surface area contributed by atoms with Crippen LogP contribution >= 0.6 is 0 Å². The number of nitrogens with zero attached hydrogens (tertiary/aromatic N) is 1. The third kappa shape index (κ3) is 4.06. The normalized spacial score (nSPS) is 18.1. The summed E-state index contributed by atoms with van der Waals surface area (Å²) in [5, 5.41) is 9.47. The topological polar surface area (TPSA) is 109 Å². The SMILES string of the molecule is O=C(NCC1CNCCOC1)c1cc(F)cc(-c2noc(=O)[nH]2)c1. The van der Waals surface area contributed by atoms with Crippen LogP contribution in [-0.4, -0.2) is 48.9 Å². The van der Waals surface area contributed by atoms with Gasteiger partial charge in [0.2, 0.25) is 0 Å². The molecule has 1 aromatic heterocycles. The van der Waals surface area contributed by atoms with Gasteiger partial charge in [0.25, 0.3) is 5.91 Å². The van der Waals surface area contributed by atoms with Gasteiger partial charge >= 0.3 is 5.76 Å². The lowest BCUT2D eigenvalue weighted by Gasteiger charge is -2.14. The number of hydrogen-bond donors (Lipinski definition) is 3. The zero-order valence-electron chi connectivity index (χ0n) is 12.8. The van der Waals surface area contributed by atoms with Crippen molar-refractivity contribution in [3.05, 3.63) is 40.1 Å². The third-order valence-electron chi connectivity index (χ3n) is 3.63. The molecule has 3 N–H and O–H groups in total. The molecule has 1 saturated heterocycles. The molecule has 24 heavy (non-hydrogen) atoms. The van der Waals surface area contributed by atoms with Crippen molar-refractivity contribution < 1.29 is 18.4 Å². The average molecular weight is 336 g/mol. The summed E-state index contributed by atoms with van der Waals surface area (Å²) in [5.74, 6) is -1.56. The quantitative estimate of drug-likeness (QED) is 0.732. The lowest BCUT2D eigenvalue weighted by molar-refractivity contribution is 0.0921. The summed E-state index contributed by atoms with van der Waals surface area (Å²) in [5.41, 5.74) is 0.391. The highest BCUT2D eigenvalue weighted by molar-refractivity contribution is 5.95. The molecule has 8 nitrogen and oxygen atoms in total. The molecule has 1 fully saturated rings. The molecule has 1 aromatic carbocycles. The molecule has 1 aliphatic heterocycles. The van der Waals surface area contributed by atoms with Crippen LogP contribution in [0.15, 0.2) is 27.5 Å². The van der Waals surface area contributed by atoms with Gasteiger partial charge in [0.05, 0.1) is 13.2 Å². The number of carbonyl (C=O) groups excluding carboxylic acids is 1. The molecule has 0 radical (unpaired) electrons. The summed E-state index contributed by atoms with van der Waals surface area (Å²) in [7, 11) is 0. The van der Waals surface area contributed by atoms with E-state index < -0.39 is 17.5 Å². The van der Waals surface area contributed by atoms with Crippen LogP contribution < -0.4 is 16.4 Å². The maximum absolute atomic E-state index is 13.8. The lowest BCUT2D eigenvalue weighted by atomic mass is 10.1. The van der Waals surface area contributed by atoms with Crippen molar-refractivity contribution in [3.8, 4) is 11.4 Å². The number of aromatic amines is 1. The van der Waals surface area contributed by atoms with Crippen molar-refractivity contribution >= 4 is 5.91 Å². The van der Waals surface area contributed by atoms with E-state index in [-0.39, 0.29) is 22.9 Å². The van der Waals surface area contributed by atoms with E-state index in [0.717, 1.165) is 25.2 Å². The monoisotopic (exact) mass is 336 g/mol. The first-order valence-electron chi connectivity index (χ1n) is 7.55. The highest BCUT2D eigenvalue weighted by atomic mass is 19.1. The number of benzene rings is 1. The Balaban J connectivity index is 1.70. The molecule has 9 heteroatoms. The molecule has 0 aliphatic carbocycles. The number of amides is 1. The van der Waals surface area contributed by atoms with Gasteiger partial charge in [-0.2, -0.15) is 0 Å². The second-order valence-corrected chi connectivity index (χ2v) is 5.53. The number of carbonyl (C=O) groups is 1. The van der Waals surface area contributed by atoms with Gasteiger partial charge in [-0.05, 0) is 18.2 Å². The minimum atomic E-state index is -0.749. The molecule has 1 atom stereocenters. The molecule has 2 heterocycles. The lowest BCUT2D eigenvalue weighted by Crippen LogP contribution is -2.35. The van der Waals surface area contributed by atoms with Crippen molar-refractivity contribution in [1.82, 2.24) is 20.8 Å². The number of aromatic nitrogens is 2. The Bertz CT molecular complexity index is 765. The average Bonchev–Trinajstić information content (AvgIpc) is 2.84. The Morgan fingerprint density at radius 2 is 2.29 bits per heavy atom. The van der Waals surface area contributed by atoms with Crippen LogP contribution in [-0.2, 0) is 4.74 Å². The molecule has 3 rings (SSSR count). The van der Waals surface area contributed by atoms with Gasteiger partial charge in [0.1, 0.15) is 5.82 Å². The highest BCUT2D eigenvalue weighted by Gasteiger charge is 2.16. The second-order valence-electron chi connectivity index (χ2n) is 5.53. The Morgan fingerprint density at radius 1 is 1.42 bits per heavy atom. The molecule has 1 amide bonds. The standard InChI is InChI=1S/C15H17FN4O4/c16-12-4-10(13-19-15(22)24-20-13)3-11(5-12)14(21)18-7-9-6-17-1-2-23-8-9/h3-5,9,17H,1-2,6-8H2,(H,18,21)(H,19,20,22). The number of halogens is 1. The minimum absolute atomic E-state index is 0.0647. The summed E-state index contributed by atoms with van der Waals surface area (Å²) < 4.78 is 23.6. The van der Waals surface area contributed by atoms with Gasteiger partial charge in [0.15, 0.2) is 5.82 Å². The number of ether oxygens (including phenoxy) is 1. The van der Waals surface area contributed by atoms with Crippen molar-refractivity contribution in [2.24, 2.45) is 5.92 Å². The minimum Gasteiger partial charge on any atom is -0.380 e. The number of nitrogens with one attached hydrogen (secondary N) is 3. The first-order valence-corrected chi connectivity index (χ1v) is 7.55. The van der Waals surface area contributed by atoms with Crippen LogP contribution in [0.4, 0.5) is 4.39 Å². The Morgan fingerprint density at radius 3 is 3.08 bits per heavy atom. The van der Waals surface area contributed by atoms with Crippen LogP contribution in [0.3, 0.4) is 0 Å². The van der Waals surface area contributed by atoms with Crippen LogP contribution in [0, 0.1) is 11.7 Å². The maximum atomic E-state index is 13.8. The summed E-state index contributed by atoms with van der Waals surface area (Å²) in [4.78, 5) is 25.6. The molecule has 1 aliphatic rings. The predicted octanol–water partition coefficient (Wildman–Crippen LogP) is 0.135.